The molecule has 1 saturated heterocycles. The molecule has 0 aliphatic carbocycles. The lowest BCUT2D eigenvalue weighted by Crippen LogP contribution is -2.39. The number of ether oxygens (including phenoxy) is 1. The fourth-order valence-electron chi connectivity index (χ4n) is 2.02. The maximum absolute atomic E-state index is 12.2. The van der Waals surface area contributed by atoms with Crippen LogP contribution in [0.2, 0.25) is 0 Å². The van der Waals surface area contributed by atoms with Gasteiger partial charge in [-0.25, -0.2) is 0 Å². The molecule has 1 atom stereocenters. The van der Waals surface area contributed by atoms with Crippen LogP contribution in [0.1, 0.15) is 26.2 Å². The monoisotopic (exact) mass is 296 g/mol. The van der Waals surface area contributed by atoms with Crippen LogP contribution in [0.4, 0.5) is 13.2 Å². The van der Waals surface area contributed by atoms with Gasteiger partial charge in [0.2, 0.25) is 11.8 Å². The molecule has 0 radical (unpaired) electrons. The van der Waals surface area contributed by atoms with E-state index >= 15 is 0 Å². The topological polar surface area (TPSA) is 58.6 Å². The van der Waals surface area contributed by atoms with Crippen LogP contribution in [0.3, 0.4) is 0 Å². The molecule has 0 aromatic carbocycles. The van der Waals surface area contributed by atoms with E-state index < -0.39 is 24.7 Å². The van der Waals surface area contributed by atoms with Crippen LogP contribution >= 0.6 is 0 Å². The lowest BCUT2D eigenvalue weighted by atomic mass is 10.2. The molecule has 0 bridgehead atoms. The van der Waals surface area contributed by atoms with Crippen molar-refractivity contribution < 1.29 is 27.5 Å². The maximum Gasteiger partial charge on any atom is 0.406 e. The second-order valence-electron chi connectivity index (χ2n) is 4.66. The van der Waals surface area contributed by atoms with Crippen molar-refractivity contribution in [1.29, 1.82) is 0 Å². The first-order valence-electron chi connectivity index (χ1n) is 6.53. The molecule has 2 amide bonds. The lowest BCUT2D eigenvalue weighted by molar-refractivity contribution is -0.157. The van der Waals surface area contributed by atoms with Gasteiger partial charge in [-0.05, 0) is 13.3 Å². The number of hydrogen-bond donors (Lipinski definition) is 1. The van der Waals surface area contributed by atoms with Crippen LogP contribution in [-0.2, 0) is 14.3 Å². The maximum atomic E-state index is 12.2. The number of nitrogens with one attached hydrogen (secondary N) is 1. The normalized spacial score (nSPS) is 19.5. The Morgan fingerprint density at radius 3 is 2.80 bits per heavy atom. The number of alkyl halides is 3. The van der Waals surface area contributed by atoms with Gasteiger partial charge in [0.25, 0.3) is 0 Å². The van der Waals surface area contributed by atoms with Gasteiger partial charge in [0.15, 0.2) is 0 Å². The smallest absolute Gasteiger partial charge is 0.382 e. The zero-order valence-corrected chi connectivity index (χ0v) is 11.3. The zero-order valence-electron chi connectivity index (χ0n) is 11.3. The first kappa shape index (κ1) is 16.7. The summed E-state index contributed by atoms with van der Waals surface area (Å²) in [5.74, 6) is -0.849. The van der Waals surface area contributed by atoms with Gasteiger partial charge in [0.1, 0.15) is 6.54 Å². The largest absolute Gasteiger partial charge is 0.406 e. The Morgan fingerprint density at radius 1 is 1.50 bits per heavy atom. The number of halogens is 3. The van der Waals surface area contributed by atoms with Crippen LogP contribution in [0, 0.1) is 0 Å². The van der Waals surface area contributed by atoms with Gasteiger partial charge in [0, 0.05) is 32.6 Å². The Morgan fingerprint density at radius 2 is 2.20 bits per heavy atom. The van der Waals surface area contributed by atoms with Crippen molar-refractivity contribution in [2.24, 2.45) is 0 Å². The average molecular weight is 296 g/mol. The second-order valence-corrected chi connectivity index (χ2v) is 4.66. The van der Waals surface area contributed by atoms with E-state index in [0.29, 0.717) is 19.6 Å². The Kier molecular flexibility index (Phi) is 6.25. The molecule has 5 nitrogen and oxygen atoms in total. The first-order chi connectivity index (χ1) is 9.31. The van der Waals surface area contributed by atoms with Gasteiger partial charge < -0.3 is 15.0 Å². The van der Waals surface area contributed by atoms with Gasteiger partial charge in [-0.2, -0.15) is 13.2 Å². The van der Waals surface area contributed by atoms with Crippen molar-refractivity contribution >= 4 is 11.8 Å². The molecule has 0 aromatic heterocycles. The number of carbonyl (C=O) groups is 2. The Bertz CT molecular complexity index is 347. The predicted octanol–water partition coefficient (Wildman–Crippen LogP) is 1.08. The van der Waals surface area contributed by atoms with Gasteiger partial charge in [-0.15, -0.1) is 0 Å². The molecular formula is C12H19F3N2O3. The van der Waals surface area contributed by atoms with E-state index in [9.17, 15) is 22.8 Å². The quantitative estimate of drug-likeness (QED) is 0.715. The Hall–Kier alpha value is -1.31. The second kappa shape index (κ2) is 7.47. The number of rotatable bonds is 7. The van der Waals surface area contributed by atoms with Crippen LogP contribution in [0.15, 0.2) is 0 Å². The van der Waals surface area contributed by atoms with E-state index in [1.807, 2.05) is 6.92 Å². The molecule has 0 unspecified atom stereocenters. The number of carbonyl (C=O) groups excluding carboxylic acids is 2. The SMILES string of the molecule is CCOCCCC(=O)N[C@@H]1CC(=O)N(CC(F)(F)F)C1. The van der Waals surface area contributed by atoms with E-state index in [1.165, 1.54) is 0 Å². The fraction of sp³-hybridized carbons (Fsp3) is 0.833. The standard InChI is InChI=1S/C12H19F3N2O3/c1-2-20-5-3-4-10(18)16-9-6-11(19)17(7-9)8-12(13,14)15/h9H,2-8H2,1H3,(H,16,18)/t9-/m1/s1. The van der Waals surface area contributed by atoms with Crippen molar-refractivity contribution in [3.05, 3.63) is 0 Å². The number of likely N-dealkylation sites (tertiary alicyclic amines) is 1. The highest BCUT2D eigenvalue weighted by Crippen LogP contribution is 2.20. The minimum absolute atomic E-state index is 0.0761. The number of nitrogens with zero attached hydrogens (tertiary/aromatic N) is 1. The highest BCUT2D eigenvalue weighted by atomic mass is 19.4. The summed E-state index contributed by atoms with van der Waals surface area (Å²) in [6, 6.07) is -0.538. The molecule has 0 saturated carbocycles. The van der Waals surface area contributed by atoms with E-state index in [4.69, 9.17) is 4.74 Å². The Balaban J connectivity index is 2.29. The van der Waals surface area contributed by atoms with E-state index in [1.54, 1.807) is 0 Å². The average Bonchev–Trinajstić information content (AvgIpc) is 2.63. The van der Waals surface area contributed by atoms with Crippen molar-refractivity contribution in [1.82, 2.24) is 10.2 Å². The first-order valence-corrected chi connectivity index (χ1v) is 6.53. The summed E-state index contributed by atoms with van der Waals surface area (Å²) in [7, 11) is 0. The molecule has 1 fully saturated rings. The van der Waals surface area contributed by atoms with Crippen LogP contribution in [0.5, 0.6) is 0 Å². The molecule has 8 heteroatoms. The number of amides is 2. The molecule has 1 N–H and O–H groups in total. The summed E-state index contributed by atoms with van der Waals surface area (Å²) < 4.78 is 41.7. The summed E-state index contributed by atoms with van der Waals surface area (Å²) in [5, 5.41) is 2.58. The van der Waals surface area contributed by atoms with Crippen molar-refractivity contribution in [3.8, 4) is 0 Å². The van der Waals surface area contributed by atoms with Gasteiger partial charge in [-0.3, -0.25) is 9.59 Å². The Labute approximate surface area is 115 Å². The summed E-state index contributed by atoms with van der Waals surface area (Å²) in [6.45, 7) is 1.54. The van der Waals surface area contributed by atoms with E-state index in [-0.39, 0.29) is 25.3 Å². The van der Waals surface area contributed by atoms with Gasteiger partial charge in [0.05, 0.1) is 6.04 Å². The van der Waals surface area contributed by atoms with Gasteiger partial charge >= 0.3 is 6.18 Å². The van der Waals surface area contributed by atoms with Crippen LogP contribution in [-0.4, -0.2) is 55.2 Å². The van der Waals surface area contributed by atoms with Crippen molar-refractivity contribution in [2.45, 2.75) is 38.4 Å². The molecular weight excluding hydrogens is 277 g/mol. The lowest BCUT2D eigenvalue weighted by Gasteiger charge is -2.18. The third-order valence-corrected chi connectivity index (χ3v) is 2.85. The van der Waals surface area contributed by atoms with Crippen molar-refractivity contribution in [2.75, 3.05) is 26.3 Å². The summed E-state index contributed by atoms with van der Waals surface area (Å²) in [4.78, 5) is 23.7. The molecule has 0 spiro atoms. The molecule has 1 heterocycles. The summed E-state index contributed by atoms with van der Waals surface area (Å²) in [6.07, 6.45) is -3.70. The fourth-order valence-corrected chi connectivity index (χ4v) is 2.02. The molecule has 1 rings (SSSR count). The zero-order chi connectivity index (χ0) is 15.2. The van der Waals surface area contributed by atoms with Crippen LogP contribution < -0.4 is 5.32 Å². The summed E-state index contributed by atoms with van der Waals surface area (Å²) in [5.41, 5.74) is 0. The minimum atomic E-state index is -4.41. The minimum Gasteiger partial charge on any atom is -0.382 e. The third-order valence-electron chi connectivity index (χ3n) is 2.85. The third kappa shape index (κ3) is 6.23. The van der Waals surface area contributed by atoms with E-state index in [0.717, 1.165) is 4.90 Å². The van der Waals surface area contributed by atoms with E-state index in [2.05, 4.69) is 5.32 Å². The van der Waals surface area contributed by atoms with Gasteiger partial charge in [-0.1, -0.05) is 0 Å². The molecule has 20 heavy (non-hydrogen) atoms. The highest BCUT2D eigenvalue weighted by molar-refractivity contribution is 5.82. The number of hydrogen-bond acceptors (Lipinski definition) is 3. The molecule has 1 aliphatic heterocycles. The van der Waals surface area contributed by atoms with Crippen molar-refractivity contribution in [3.63, 3.8) is 0 Å². The van der Waals surface area contributed by atoms with Crippen LogP contribution in [0.25, 0.3) is 0 Å². The molecule has 1 aliphatic rings. The summed E-state index contributed by atoms with van der Waals surface area (Å²) >= 11 is 0. The predicted molar refractivity (Wildman–Crippen MR) is 64.9 cm³/mol. The molecule has 116 valence electrons. The highest BCUT2D eigenvalue weighted by Gasteiger charge is 2.38. The molecule has 0 aromatic rings.